The molecule has 0 spiro atoms. The molecule has 0 bridgehead atoms. The summed E-state index contributed by atoms with van der Waals surface area (Å²) in [4.78, 5) is 11.4. The Morgan fingerprint density at radius 3 is 2.27 bits per heavy atom. The van der Waals surface area contributed by atoms with Crippen molar-refractivity contribution in [2.24, 2.45) is 0 Å². The molecule has 3 unspecified atom stereocenters. The van der Waals surface area contributed by atoms with Gasteiger partial charge >= 0.3 is 5.97 Å². The van der Waals surface area contributed by atoms with E-state index in [4.69, 9.17) is 14.6 Å². The van der Waals surface area contributed by atoms with Gasteiger partial charge in [0.25, 0.3) is 0 Å². The van der Waals surface area contributed by atoms with Gasteiger partial charge in [0.2, 0.25) is 0 Å². The maximum Gasteiger partial charge on any atom is 0.306 e. The Hall–Kier alpha value is -0.610. The molecule has 1 fully saturated rings. The molecule has 1 saturated heterocycles. The molecule has 1 rings (SSSR count). The number of hydrogen-bond acceptors (Lipinski definition) is 4. The molecule has 1 aliphatic rings. The molecular formula is C18H34O4. The Kier molecular flexibility index (Phi) is 10.5. The molecule has 4 heteroatoms. The fraction of sp³-hybridized carbons (Fsp3) is 0.944. The van der Waals surface area contributed by atoms with Gasteiger partial charge in [-0.15, -0.1) is 0 Å². The van der Waals surface area contributed by atoms with Crippen LogP contribution in [-0.4, -0.2) is 36.0 Å². The van der Waals surface area contributed by atoms with Gasteiger partial charge in [-0.2, -0.15) is 0 Å². The molecule has 3 atom stereocenters. The molecule has 0 amide bonds. The zero-order valence-corrected chi connectivity index (χ0v) is 14.4. The predicted molar refractivity (Wildman–Crippen MR) is 87.8 cm³/mol. The highest BCUT2D eigenvalue weighted by Crippen LogP contribution is 2.31. The second-order valence-electron chi connectivity index (χ2n) is 6.50. The number of ether oxygens (including phenoxy) is 2. The van der Waals surface area contributed by atoms with E-state index in [2.05, 4.69) is 6.92 Å². The molecule has 1 aliphatic heterocycles. The number of carbonyl (C=O) groups is 1. The molecule has 0 saturated carbocycles. The zero-order valence-electron chi connectivity index (χ0n) is 14.4. The van der Waals surface area contributed by atoms with E-state index in [-0.39, 0.29) is 18.7 Å². The van der Waals surface area contributed by atoms with Crippen LogP contribution >= 0.6 is 0 Å². The standard InChI is InChI=1S/C18H34O4/c1-3-4-11-16-17(22-16)12-9-7-5-6-8-10-13-18(20)21-15(2)14-19/h15-17,19H,3-14H2,1-2H3. The predicted octanol–water partition coefficient (Wildman–Crippen LogP) is 3.99. The summed E-state index contributed by atoms with van der Waals surface area (Å²) in [6, 6.07) is 0. The molecule has 0 aliphatic carbocycles. The summed E-state index contributed by atoms with van der Waals surface area (Å²) < 4.78 is 10.7. The Morgan fingerprint density at radius 2 is 1.64 bits per heavy atom. The first-order chi connectivity index (χ1) is 10.7. The highest BCUT2D eigenvalue weighted by molar-refractivity contribution is 5.69. The summed E-state index contributed by atoms with van der Waals surface area (Å²) >= 11 is 0. The lowest BCUT2D eigenvalue weighted by molar-refractivity contribution is -0.150. The van der Waals surface area contributed by atoms with Crippen molar-refractivity contribution in [3.63, 3.8) is 0 Å². The molecule has 0 aromatic heterocycles. The molecular weight excluding hydrogens is 280 g/mol. The SMILES string of the molecule is CCCCC1OC1CCCCCCCCC(=O)OC(C)CO. The highest BCUT2D eigenvalue weighted by atomic mass is 16.6. The number of rotatable bonds is 14. The van der Waals surface area contributed by atoms with E-state index in [1.165, 1.54) is 51.4 Å². The van der Waals surface area contributed by atoms with Crippen LogP contribution in [0.4, 0.5) is 0 Å². The van der Waals surface area contributed by atoms with Crippen LogP contribution in [0.25, 0.3) is 0 Å². The maximum absolute atomic E-state index is 11.4. The molecule has 22 heavy (non-hydrogen) atoms. The van der Waals surface area contributed by atoms with E-state index < -0.39 is 0 Å². The van der Waals surface area contributed by atoms with E-state index in [0.717, 1.165) is 12.8 Å². The lowest BCUT2D eigenvalue weighted by Crippen LogP contribution is -2.18. The maximum atomic E-state index is 11.4. The van der Waals surface area contributed by atoms with Crippen molar-refractivity contribution in [2.45, 2.75) is 103 Å². The summed E-state index contributed by atoms with van der Waals surface area (Å²) in [5.41, 5.74) is 0. The number of aliphatic hydroxyl groups excluding tert-OH is 1. The van der Waals surface area contributed by atoms with Crippen LogP contribution in [0.3, 0.4) is 0 Å². The van der Waals surface area contributed by atoms with Crippen LogP contribution in [-0.2, 0) is 14.3 Å². The first-order valence-electron chi connectivity index (χ1n) is 9.13. The van der Waals surface area contributed by atoms with Gasteiger partial charge in [0.15, 0.2) is 0 Å². The Morgan fingerprint density at radius 1 is 1.05 bits per heavy atom. The number of hydrogen-bond donors (Lipinski definition) is 1. The summed E-state index contributed by atoms with van der Waals surface area (Å²) in [6.45, 7) is 3.83. The molecule has 0 radical (unpaired) electrons. The van der Waals surface area contributed by atoms with Gasteiger partial charge in [0.1, 0.15) is 6.10 Å². The lowest BCUT2D eigenvalue weighted by atomic mass is 10.0. The number of epoxide rings is 1. The third kappa shape index (κ3) is 9.42. The van der Waals surface area contributed by atoms with Crippen molar-refractivity contribution in [1.29, 1.82) is 0 Å². The van der Waals surface area contributed by atoms with E-state index in [1.54, 1.807) is 6.92 Å². The molecule has 0 aromatic rings. The van der Waals surface area contributed by atoms with Crippen molar-refractivity contribution < 1.29 is 19.4 Å². The topological polar surface area (TPSA) is 59.1 Å². The van der Waals surface area contributed by atoms with Gasteiger partial charge in [-0.1, -0.05) is 51.9 Å². The summed E-state index contributed by atoms with van der Waals surface area (Å²) in [5, 5.41) is 8.79. The minimum atomic E-state index is -0.377. The van der Waals surface area contributed by atoms with E-state index in [9.17, 15) is 4.79 Å². The van der Waals surface area contributed by atoms with Crippen molar-refractivity contribution in [1.82, 2.24) is 0 Å². The average Bonchev–Trinajstić information content (AvgIpc) is 3.26. The molecule has 4 nitrogen and oxygen atoms in total. The Labute approximate surface area is 135 Å². The normalized spacial score (nSPS) is 21.6. The summed E-state index contributed by atoms with van der Waals surface area (Å²) in [6.07, 6.45) is 13.2. The number of esters is 1. The smallest absolute Gasteiger partial charge is 0.306 e. The number of carbonyl (C=O) groups excluding carboxylic acids is 1. The molecule has 130 valence electrons. The van der Waals surface area contributed by atoms with Gasteiger partial charge in [0.05, 0.1) is 18.8 Å². The minimum Gasteiger partial charge on any atom is -0.460 e. The highest BCUT2D eigenvalue weighted by Gasteiger charge is 2.36. The summed E-state index contributed by atoms with van der Waals surface area (Å²) in [7, 11) is 0. The van der Waals surface area contributed by atoms with Gasteiger partial charge in [0, 0.05) is 6.42 Å². The first kappa shape index (κ1) is 19.4. The largest absolute Gasteiger partial charge is 0.460 e. The van der Waals surface area contributed by atoms with E-state index >= 15 is 0 Å². The third-order valence-electron chi connectivity index (χ3n) is 4.24. The second-order valence-corrected chi connectivity index (χ2v) is 6.50. The van der Waals surface area contributed by atoms with Gasteiger partial charge in [-0.25, -0.2) is 0 Å². The van der Waals surface area contributed by atoms with Gasteiger partial charge in [-0.05, 0) is 26.2 Å². The van der Waals surface area contributed by atoms with E-state index in [0.29, 0.717) is 18.6 Å². The Balaban J connectivity index is 1.80. The van der Waals surface area contributed by atoms with Crippen molar-refractivity contribution in [3.8, 4) is 0 Å². The second kappa shape index (κ2) is 11.9. The number of unbranched alkanes of at least 4 members (excludes halogenated alkanes) is 6. The first-order valence-corrected chi connectivity index (χ1v) is 9.13. The average molecular weight is 314 g/mol. The third-order valence-corrected chi connectivity index (χ3v) is 4.24. The van der Waals surface area contributed by atoms with Crippen molar-refractivity contribution >= 4 is 5.97 Å². The van der Waals surface area contributed by atoms with Crippen molar-refractivity contribution in [3.05, 3.63) is 0 Å². The monoisotopic (exact) mass is 314 g/mol. The van der Waals surface area contributed by atoms with Gasteiger partial charge < -0.3 is 14.6 Å². The van der Waals surface area contributed by atoms with Crippen LogP contribution in [0.2, 0.25) is 0 Å². The van der Waals surface area contributed by atoms with Crippen LogP contribution in [0.15, 0.2) is 0 Å². The van der Waals surface area contributed by atoms with Crippen LogP contribution < -0.4 is 0 Å². The van der Waals surface area contributed by atoms with Crippen LogP contribution in [0.5, 0.6) is 0 Å². The van der Waals surface area contributed by atoms with Gasteiger partial charge in [-0.3, -0.25) is 4.79 Å². The summed E-state index contributed by atoms with van der Waals surface area (Å²) in [5.74, 6) is -0.189. The van der Waals surface area contributed by atoms with E-state index in [1.807, 2.05) is 0 Å². The quantitative estimate of drug-likeness (QED) is 0.299. The molecule has 1 heterocycles. The molecule has 1 N–H and O–H groups in total. The Bertz CT molecular complexity index is 293. The lowest BCUT2D eigenvalue weighted by Gasteiger charge is -2.09. The zero-order chi connectivity index (χ0) is 16.2. The van der Waals surface area contributed by atoms with Crippen molar-refractivity contribution in [2.75, 3.05) is 6.61 Å². The minimum absolute atomic E-state index is 0.101. The fourth-order valence-corrected chi connectivity index (χ4v) is 2.73. The molecule has 0 aromatic carbocycles. The van der Waals surface area contributed by atoms with Crippen LogP contribution in [0.1, 0.15) is 84.5 Å². The number of aliphatic hydroxyl groups is 1. The fourth-order valence-electron chi connectivity index (χ4n) is 2.73. The van der Waals surface area contributed by atoms with Crippen LogP contribution in [0, 0.1) is 0 Å².